The molecule has 0 saturated carbocycles. The summed E-state index contributed by atoms with van der Waals surface area (Å²) in [6.07, 6.45) is 4.02. The third-order valence-electron chi connectivity index (χ3n) is 7.10. The molecule has 2 atom stereocenters. The minimum Gasteiger partial charge on any atom is -0.480 e. The van der Waals surface area contributed by atoms with E-state index in [0.29, 0.717) is 19.4 Å². The molecule has 0 radical (unpaired) electrons. The van der Waals surface area contributed by atoms with Gasteiger partial charge in [-0.15, -0.1) is 0 Å². The molecule has 0 aromatic heterocycles. The molecule has 35 heavy (non-hydrogen) atoms. The van der Waals surface area contributed by atoms with Crippen LogP contribution in [-0.2, 0) is 14.3 Å². The maximum absolute atomic E-state index is 13.0. The van der Waals surface area contributed by atoms with Crippen LogP contribution in [0.4, 0.5) is 4.79 Å². The predicted octanol–water partition coefficient (Wildman–Crippen LogP) is 4.94. The number of ether oxygens (including phenoxy) is 1. The number of benzene rings is 2. The highest BCUT2D eigenvalue weighted by Crippen LogP contribution is 2.44. The van der Waals surface area contributed by atoms with E-state index in [4.69, 9.17) is 4.74 Å². The first-order chi connectivity index (χ1) is 17.0. The van der Waals surface area contributed by atoms with E-state index in [0.717, 1.165) is 47.9 Å². The van der Waals surface area contributed by atoms with Crippen molar-refractivity contribution in [3.63, 3.8) is 0 Å². The van der Waals surface area contributed by atoms with Crippen LogP contribution < -0.4 is 5.32 Å². The van der Waals surface area contributed by atoms with E-state index in [-0.39, 0.29) is 24.9 Å². The van der Waals surface area contributed by atoms with Gasteiger partial charge in [0.2, 0.25) is 5.91 Å². The van der Waals surface area contributed by atoms with Gasteiger partial charge < -0.3 is 20.1 Å². The Bertz CT molecular complexity index is 1020. The molecule has 2 aromatic carbocycles. The zero-order valence-electron chi connectivity index (χ0n) is 20.2. The number of amides is 2. The summed E-state index contributed by atoms with van der Waals surface area (Å²) >= 11 is 0. The minimum atomic E-state index is -0.965. The Labute approximate surface area is 206 Å². The lowest BCUT2D eigenvalue weighted by atomic mass is 9.98. The average Bonchev–Trinajstić information content (AvgIpc) is 3.19. The van der Waals surface area contributed by atoms with E-state index < -0.39 is 24.1 Å². The largest absolute Gasteiger partial charge is 0.480 e. The van der Waals surface area contributed by atoms with Gasteiger partial charge in [-0.1, -0.05) is 68.3 Å². The second-order valence-corrected chi connectivity index (χ2v) is 9.45. The Kier molecular flexibility index (Phi) is 8.06. The van der Waals surface area contributed by atoms with E-state index in [1.54, 1.807) is 0 Å². The molecule has 1 saturated heterocycles. The third-order valence-corrected chi connectivity index (χ3v) is 7.10. The fourth-order valence-corrected chi connectivity index (χ4v) is 5.30. The van der Waals surface area contributed by atoms with Gasteiger partial charge in [-0.3, -0.25) is 4.79 Å². The fraction of sp³-hybridized carbons (Fsp3) is 0.464. The zero-order valence-corrected chi connectivity index (χ0v) is 20.2. The molecule has 7 heteroatoms. The normalized spacial score (nSPS) is 17.9. The van der Waals surface area contributed by atoms with Crippen LogP contribution in [0.2, 0.25) is 0 Å². The quantitative estimate of drug-likeness (QED) is 0.532. The number of likely N-dealkylation sites (tertiary alicyclic amines) is 1. The highest BCUT2D eigenvalue weighted by Gasteiger charge is 2.33. The molecule has 186 valence electrons. The molecule has 0 unspecified atom stereocenters. The van der Waals surface area contributed by atoms with E-state index >= 15 is 0 Å². The van der Waals surface area contributed by atoms with Gasteiger partial charge in [-0.25, -0.2) is 9.59 Å². The summed E-state index contributed by atoms with van der Waals surface area (Å²) < 4.78 is 5.67. The first-order valence-corrected chi connectivity index (χ1v) is 12.6. The molecule has 2 amide bonds. The van der Waals surface area contributed by atoms with Crippen molar-refractivity contribution in [2.75, 3.05) is 13.2 Å². The lowest BCUT2D eigenvalue weighted by molar-refractivity contribution is -0.152. The molecule has 4 rings (SSSR count). The molecule has 2 aromatic rings. The van der Waals surface area contributed by atoms with Gasteiger partial charge >= 0.3 is 12.1 Å². The number of hydrogen-bond donors (Lipinski definition) is 2. The predicted molar refractivity (Wildman–Crippen MR) is 133 cm³/mol. The molecule has 7 nitrogen and oxygen atoms in total. The van der Waals surface area contributed by atoms with Gasteiger partial charge in [0, 0.05) is 24.9 Å². The summed E-state index contributed by atoms with van der Waals surface area (Å²) in [4.78, 5) is 38.8. The maximum Gasteiger partial charge on any atom is 0.407 e. The number of piperidine rings is 1. The van der Waals surface area contributed by atoms with Crippen molar-refractivity contribution >= 4 is 18.0 Å². The number of alkyl carbamates (subject to hydrolysis) is 1. The fourth-order valence-electron chi connectivity index (χ4n) is 5.30. The van der Waals surface area contributed by atoms with Crippen molar-refractivity contribution in [3.8, 4) is 11.1 Å². The van der Waals surface area contributed by atoms with Crippen LogP contribution in [0.15, 0.2) is 48.5 Å². The molecule has 2 N–H and O–H groups in total. The summed E-state index contributed by atoms with van der Waals surface area (Å²) in [5.74, 6) is -1.22. The molecule has 1 aliphatic heterocycles. The van der Waals surface area contributed by atoms with Gasteiger partial charge in [-0.2, -0.15) is 0 Å². The van der Waals surface area contributed by atoms with E-state index in [9.17, 15) is 19.5 Å². The van der Waals surface area contributed by atoms with E-state index in [2.05, 4.69) is 36.5 Å². The van der Waals surface area contributed by atoms with Gasteiger partial charge in [0.25, 0.3) is 0 Å². The van der Waals surface area contributed by atoms with Crippen LogP contribution in [0.5, 0.6) is 0 Å². The van der Waals surface area contributed by atoms with Crippen molar-refractivity contribution in [1.82, 2.24) is 10.2 Å². The maximum atomic E-state index is 13.0. The Hall–Kier alpha value is -3.35. The van der Waals surface area contributed by atoms with Crippen molar-refractivity contribution < 1.29 is 24.2 Å². The van der Waals surface area contributed by atoms with Crippen LogP contribution in [0.1, 0.15) is 68.9 Å². The number of fused-ring (bicyclic) bond motifs is 3. The molecule has 1 heterocycles. The number of hydrogen-bond acceptors (Lipinski definition) is 4. The van der Waals surface area contributed by atoms with E-state index in [1.165, 1.54) is 4.90 Å². The number of nitrogens with one attached hydrogen (secondary N) is 1. The molecule has 1 aliphatic carbocycles. The average molecular weight is 479 g/mol. The number of unbranched alkanes of at least 4 members (excludes halogenated alkanes) is 1. The zero-order chi connectivity index (χ0) is 24.8. The molecule has 1 fully saturated rings. The summed E-state index contributed by atoms with van der Waals surface area (Å²) in [6, 6.07) is 15.2. The molecule has 2 aliphatic rings. The van der Waals surface area contributed by atoms with Crippen molar-refractivity contribution in [2.24, 2.45) is 0 Å². The van der Waals surface area contributed by atoms with Crippen LogP contribution in [0.3, 0.4) is 0 Å². The van der Waals surface area contributed by atoms with Gasteiger partial charge in [0.1, 0.15) is 12.6 Å². The van der Waals surface area contributed by atoms with Crippen LogP contribution in [0, 0.1) is 0 Å². The third kappa shape index (κ3) is 5.66. The molecular formula is C28H34N2O5. The highest BCUT2D eigenvalue weighted by molar-refractivity contribution is 5.84. The van der Waals surface area contributed by atoms with Gasteiger partial charge in [0.05, 0.1) is 0 Å². The van der Waals surface area contributed by atoms with Gasteiger partial charge in [-0.05, 0) is 47.9 Å². The Morgan fingerprint density at radius 1 is 1.06 bits per heavy atom. The number of carboxylic acid groups (broad SMARTS) is 1. The SMILES string of the molecule is CCCC[C@H](CC(=O)N1CCCC[C@@H]1C(=O)O)NC(=O)OCC1c2ccccc2-c2ccccc21. The number of aliphatic carboxylic acids is 1. The number of carbonyl (C=O) groups excluding carboxylic acids is 2. The standard InChI is InChI=1S/C28H34N2O5/c1-2-3-10-19(17-26(31)30-16-9-8-15-25(30)27(32)33)29-28(34)35-18-24-22-13-6-4-11-20(22)21-12-5-7-14-23(21)24/h4-7,11-14,19,24-25H,2-3,8-10,15-18H2,1H3,(H,29,34)(H,32,33)/t19-,25-/m1/s1. The summed E-state index contributed by atoms with van der Waals surface area (Å²) in [6.45, 7) is 2.71. The Balaban J connectivity index is 1.38. The number of carbonyl (C=O) groups is 3. The van der Waals surface area contributed by atoms with Crippen molar-refractivity contribution in [1.29, 1.82) is 0 Å². The van der Waals surface area contributed by atoms with Crippen molar-refractivity contribution in [2.45, 2.75) is 69.9 Å². The summed E-state index contributed by atoms with van der Waals surface area (Å²) in [7, 11) is 0. The Morgan fingerprint density at radius 3 is 2.34 bits per heavy atom. The first-order valence-electron chi connectivity index (χ1n) is 12.6. The lowest BCUT2D eigenvalue weighted by Gasteiger charge is -2.34. The second kappa shape index (κ2) is 11.4. The molecule has 0 bridgehead atoms. The lowest BCUT2D eigenvalue weighted by Crippen LogP contribution is -2.50. The van der Waals surface area contributed by atoms with E-state index in [1.807, 2.05) is 24.3 Å². The van der Waals surface area contributed by atoms with Gasteiger partial charge in [0.15, 0.2) is 0 Å². The topological polar surface area (TPSA) is 95.9 Å². The molecular weight excluding hydrogens is 444 g/mol. The second-order valence-electron chi connectivity index (χ2n) is 9.45. The molecule has 0 spiro atoms. The number of rotatable bonds is 9. The highest BCUT2D eigenvalue weighted by atomic mass is 16.5. The first kappa shape index (κ1) is 24.8. The summed E-state index contributed by atoms with van der Waals surface area (Å²) in [5.41, 5.74) is 4.61. The van der Waals surface area contributed by atoms with Crippen LogP contribution in [0.25, 0.3) is 11.1 Å². The number of nitrogens with zero attached hydrogens (tertiary/aromatic N) is 1. The number of carboxylic acids is 1. The van der Waals surface area contributed by atoms with Crippen molar-refractivity contribution in [3.05, 3.63) is 59.7 Å². The summed E-state index contributed by atoms with van der Waals surface area (Å²) in [5, 5.41) is 12.4. The van der Waals surface area contributed by atoms with Crippen LogP contribution >= 0.6 is 0 Å². The smallest absolute Gasteiger partial charge is 0.407 e. The van der Waals surface area contributed by atoms with Crippen LogP contribution in [-0.4, -0.2) is 53.2 Å². The minimum absolute atomic E-state index is 0.0338. The Morgan fingerprint density at radius 2 is 1.71 bits per heavy atom. The monoisotopic (exact) mass is 478 g/mol.